The first-order chi connectivity index (χ1) is 11.6. The lowest BCUT2D eigenvalue weighted by atomic mass is 10.2. The Morgan fingerprint density at radius 2 is 1.79 bits per heavy atom. The monoisotopic (exact) mass is 401 g/mol. The number of aromatic nitrogens is 3. The Balaban J connectivity index is 2.02. The van der Waals surface area contributed by atoms with Crippen LogP contribution in [0.3, 0.4) is 0 Å². The molecular weight excluding hydrogens is 386 g/mol. The van der Waals surface area contributed by atoms with Crippen LogP contribution >= 0.6 is 27.7 Å². The molecule has 122 valence electrons. The zero-order valence-electron chi connectivity index (χ0n) is 13.1. The van der Waals surface area contributed by atoms with Gasteiger partial charge in [0.2, 0.25) is 0 Å². The molecule has 0 unspecified atom stereocenters. The van der Waals surface area contributed by atoms with Crippen LogP contribution in [0.1, 0.15) is 12.5 Å². The fourth-order valence-corrected chi connectivity index (χ4v) is 3.51. The number of thioether (sulfide) groups is 1. The Kier molecular flexibility index (Phi) is 5.48. The van der Waals surface area contributed by atoms with E-state index in [2.05, 4.69) is 42.8 Å². The van der Waals surface area contributed by atoms with E-state index < -0.39 is 0 Å². The lowest BCUT2D eigenvalue weighted by Crippen LogP contribution is -2.05. The van der Waals surface area contributed by atoms with Crippen LogP contribution in [0, 0.1) is 0 Å². The molecule has 0 fully saturated rings. The maximum absolute atomic E-state index is 11.3. The molecule has 4 nitrogen and oxygen atoms in total. The zero-order valence-corrected chi connectivity index (χ0v) is 15.5. The van der Waals surface area contributed by atoms with Gasteiger partial charge in [-0.2, -0.15) is 0 Å². The van der Waals surface area contributed by atoms with E-state index in [0.29, 0.717) is 12.3 Å². The summed E-state index contributed by atoms with van der Waals surface area (Å²) in [6.45, 7) is 2.24. The molecule has 0 radical (unpaired) electrons. The van der Waals surface area contributed by atoms with Crippen molar-refractivity contribution in [1.29, 1.82) is 0 Å². The van der Waals surface area contributed by atoms with Crippen molar-refractivity contribution in [3.8, 4) is 11.4 Å². The number of nitrogens with zero attached hydrogens (tertiary/aromatic N) is 3. The Hall–Kier alpha value is -1.92. The molecule has 0 bridgehead atoms. The van der Waals surface area contributed by atoms with Crippen molar-refractivity contribution < 1.29 is 4.79 Å². The van der Waals surface area contributed by atoms with Gasteiger partial charge in [-0.1, -0.05) is 76.2 Å². The van der Waals surface area contributed by atoms with Gasteiger partial charge >= 0.3 is 0 Å². The van der Waals surface area contributed by atoms with Crippen molar-refractivity contribution in [3.63, 3.8) is 0 Å². The lowest BCUT2D eigenvalue weighted by molar-refractivity contribution is -0.114. The number of hydrogen-bond donors (Lipinski definition) is 0. The highest BCUT2D eigenvalue weighted by molar-refractivity contribution is 9.10. The van der Waals surface area contributed by atoms with E-state index >= 15 is 0 Å². The largest absolute Gasteiger partial charge is 0.299 e. The normalized spacial score (nSPS) is 10.8. The minimum atomic E-state index is 0.122. The average molecular weight is 402 g/mol. The first-order valence-electron chi connectivity index (χ1n) is 7.49. The predicted molar refractivity (Wildman–Crippen MR) is 100 cm³/mol. The minimum Gasteiger partial charge on any atom is -0.299 e. The van der Waals surface area contributed by atoms with Crippen molar-refractivity contribution in [2.45, 2.75) is 18.6 Å². The van der Waals surface area contributed by atoms with Crippen molar-refractivity contribution in [2.24, 2.45) is 0 Å². The maximum Gasteiger partial charge on any atom is 0.192 e. The van der Waals surface area contributed by atoms with Crippen LogP contribution in [0.25, 0.3) is 11.4 Å². The van der Waals surface area contributed by atoms with Crippen LogP contribution in [0.5, 0.6) is 0 Å². The molecule has 6 heteroatoms. The first-order valence-corrected chi connectivity index (χ1v) is 9.27. The number of hydrogen-bond acceptors (Lipinski definition) is 4. The molecule has 0 spiro atoms. The summed E-state index contributed by atoms with van der Waals surface area (Å²) in [6, 6.07) is 18.1. The molecule has 1 heterocycles. The third-order valence-corrected chi connectivity index (χ3v) is 5.22. The SMILES string of the molecule is CC(=O)CSc1nnc(-c2ccccc2Br)n1Cc1ccccc1. The maximum atomic E-state index is 11.3. The van der Waals surface area contributed by atoms with Gasteiger partial charge in [0.15, 0.2) is 11.0 Å². The second-order valence-corrected chi connectivity index (χ2v) is 7.15. The third-order valence-electron chi connectivity index (χ3n) is 3.42. The highest BCUT2D eigenvalue weighted by atomic mass is 79.9. The molecule has 3 aromatic rings. The van der Waals surface area contributed by atoms with Gasteiger partial charge in [0.05, 0.1) is 12.3 Å². The topological polar surface area (TPSA) is 47.8 Å². The van der Waals surface area contributed by atoms with Crippen LogP contribution < -0.4 is 0 Å². The number of Topliss-reactive ketones (excluding diaryl/α,β-unsaturated/α-hetero) is 1. The van der Waals surface area contributed by atoms with Crippen molar-refractivity contribution in [3.05, 3.63) is 64.6 Å². The van der Waals surface area contributed by atoms with Crippen LogP contribution in [0.2, 0.25) is 0 Å². The highest BCUT2D eigenvalue weighted by Gasteiger charge is 2.17. The van der Waals surface area contributed by atoms with E-state index in [9.17, 15) is 4.79 Å². The molecule has 2 aromatic carbocycles. The Morgan fingerprint density at radius 3 is 2.50 bits per heavy atom. The van der Waals surface area contributed by atoms with Crippen molar-refractivity contribution in [1.82, 2.24) is 14.8 Å². The molecule has 3 rings (SSSR count). The summed E-state index contributed by atoms with van der Waals surface area (Å²) in [6.07, 6.45) is 0. The van der Waals surface area contributed by atoms with Gasteiger partial charge < -0.3 is 0 Å². The van der Waals surface area contributed by atoms with Gasteiger partial charge in [-0.15, -0.1) is 10.2 Å². The number of ketones is 1. The molecule has 0 atom stereocenters. The van der Waals surface area contributed by atoms with Gasteiger partial charge in [-0.25, -0.2) is 0 Å². The molecule has 0 saturated heterocycles. The summed E-state index contributed by atoms with van der Waals surface area (Å²) < 4.78 is 3.03. The second-order valence-electron chi connectivity index (χ2n) is 5.35. The second kappa shape index (κ2) is 7.77. The van der Waals surface area contributed by atoms with Crippen LogP contribution in [0.4, 0.5) is 0 Å². The van der Waals surface area contributed by atoms with E-state index in [-0.39, 0.29) is 5.78 Å². The fourth-order valence-electron chi connectivity index (χ4n) is 2.31. The molecule has 0 saturated carbocycles. The molecule has 0 aliphatic heterocycles. The number of carbonyl (C=O) groups excluding carboxylic acids is 1. The van der Waals surface area contributed by atoms with Gasteiger partial charge in [-0.05, 0) is 18.6 Å². The van der Waals surface area contributed by atoms with Crippen molar-refractivity contribution >= 4 is 33.5 Å². The summed E-state index contributed by atoms with van der Waals surface area (Å²) in [7, 11) is 0. The lowest BCUT2D eigenvalue weighted by Gasteiger charge is -2.11. The van der Waals surface area contributed by atoms with Gasteiger partial charge in [-0.3, -0.25) is 9.36 Å². The molecule has 24 heavy (non-hydrogen) atoms. The van der Waals surface area contributed by atoms with Gasteiger partial charge in [0, 0.05) is 10.0 Å². The van der Waals surface area contributed by atoms with Gasteiger partial charge in [0.1, 0.15) is 5.78 Å². The van der Waals surface area contributed by atoms with E-state index in [1.165, 1.54) is 11.8 Å². The smallest absolute Gasteiger partial charge is 0.192 e. The average Bonchev–Trinajstić information content (AvgIpc) is 2.97. The molecule has 0 N–H and O–H groups in total. The highest BCUT2D eigenvalue weighted by Crippen LogP contribution is 2.30. The minimum absolute atomic E-state index is 0.122. The van der Waals surface area contributed by atoms with E-state index in [4.69, 9.17) is 0 Å². The molecule has 0 amide bonds. The molecule has 0 aliphatic carbocycles. The number of rotatable bonds is 6. The number of carbonyl (C=O) groups is 1. The summed E-state index contributed by atoms with van der Waals surface area (Å²) in [5.41, 5.74) is 2.14. The van der Waals surface area contributed by atoms with Crippen LogP contribution in [0.15, 0.2) is 64.2 Å². The molecule has 1 aromatic heterocycles. The van der Waals surface area contributed by atoms with E-state index in [1.807, 2.05) is 42.5 Å². The Morgan fingerprint density at radius 1 is 1.08 bits per heavy atom. The molecule has 0 aliphatic rings. The molecular formula is C18H16BrN3OS. The summed E-state index contributed by atoms with van der Waals surface area (Å²) in [4.78, 5) is 11.3. The number of benzene rings is 2. The zero-order chi connectivity index (χ0) is 16.9. The predicted octanol–water partition coefficient (Wildman–Crippen LogP) is 4.44. The Bertz CT molecular complexity index is 848. The summed E-state index contributed by atoms with van der Waals surface area (Å²) in [5.74, 6) is 1.30. The standard InChI is InChI=1S/C18H16BrN3OS/c1-13(23)12-24-18-21-20-17(15-9-5-6-10-16(15)19)22(18)11-14-7-3-2-4-8-14/h2-10H,11-12H2,1H3. The Labute approximate surface area is 153 Å². The van der Waals surface area contributed by atoms with Crippen LogP contribution in [-0.4, -0.2) is 26.3 Å². The third kappa shape index (κ3) is 3.94. The summed E-state index contributed by atoms with van der Waals surface area (Å²) in [5, 5.41) is 9.43. The van der Waals surface area contributed by atoms with E-state index in [1.54, 1.807) is 6.92 Å². The van der Waals surface area contributed by atoms with Crippen molar-refractivity contribution in [2.75, 3.05) is 5.75 Å². The quantitative estimate of drug-likeness (QED) is 0.572. The van der Waals surface area contributed by atoms with E-state index in [0.717, 1.165) is 26.6 Å². The van der Waals surface area contributed by atoms with Crippen LogP contribution in [-0.2, 0) is 11.3 Å². The fraction of sp³-hybridized carbons (Fsp3) is 0.167. The first kappa shape index (κ1) is 16.9. The summed E-state index contributed by atoms with van der Waals surface area (Å²) >= 11 is 5.00. The number of halogens is 1. The van der Waals surface area contributed by atoms with Gasteiger partial charge in [0.25, 0.3) is 0 Å².